The molecule has 0 bridgehead atoms. The van der Waals surface area contributed by atoms with Gasteiger partial charge in [0.2, 0.25) is 0 Å². The molecule has 1 aliphatic rings. The number of benzene rings is 3. The summed E-state index contributed by atoms with van der Waals surface area (Å²) in [7, 11) is 0. The van der Waals surface area contributed by atoms with E-state index < -0.39 is 0 Å². The van der Waals surface area contributed by atoms with Gasteiger partial charge in [0.05, 0.1) is 22.4 Å². The minimum Gasteiger partial charge on any atom is -0.338 e. The Labute approximate surface area is 204 Å². The van der Waals surface area contributed by atoms with Gasteiger partial charge in [-0.15, -0.1) is 5.10 Å². The number of imidazole rings is 1. The van der Waals surface area contributed by atoms with Crippen molar-refractivity contribution in [2.45, 2.75) is 19.8 Å². The summed E-state index contributed by atoms with van der Waals surface area (Å²) in [5.74, 6) is 0.759. The largest absolute Gasteiger partial charge is 0.338 e. The maximum Gasteiger partial charge on any atom is 0.160 e. The van der Waals surface area contributed by atoms with Crippen molar-refractivity contribution >= 4 is 28.6 Å². The van der Waals surface area contributed by atoms with Crippen LogP contribution in [0, 0.1) is 6.92 Å². The number of para-hydroxylation sites is 1. The predicted molar refractivity (Wildman–Crippen MR) is 142 cm³/mol. The van der Waals surface area contributed by atoms with Gasteiger partial charge < -0.3 is 5.32 Å². The van der Waals surface area contributed by atoms with Crippen LogP contribution in [-0.4, -0.2) is 19.7 Å². The van der Waals surface area contributed by atoms with Crippen molar-refractivity contribution in [3.05, 3.63) is 125 Å². The fourth-order valence-corrected chi connectivity index (χ4v) is 4.62. The summed E-state index contributed by atoms with van der Waals surface area (Å²) >= 11 is 0. The molecule has 6 rings (SSSR count). The number of fused-ring (bicyclic) bond motifs is 2. The maximum absolute atomic E-state index is 4.66. The number of allylic oxidation sites excluding steroid dienone is 3. The summed E-state index contributed by atoms with van der Waals surface area (Å²) in [5, 5.41) is 12.7. The average Bonchev–Trinajstić information content (AvgIpc) is 3.13. The molecule has 0 saturated carbocycles. The zero-order valence-corrected chi connectivity index (χ0v) is 19.5. The molecule has 0 atom stereocenters. The first-order valence-corrected chi connectivity index (χ1v) is 11.8. The molecule has 170 valence electrons. The summed E-state index contributed by atoms with van der Waals surface area (Å²) in [4.78, 5) is 4.66. The van der Waals surface area contributed by atoms with Crippen molar-refractivity contribution in [3.63, 3.8) is 0 Å². The van der Waals surface area contributed by atoms with Crippen molar-refractivity contribution in [3.8, 4) is 5.69 Å². The molecule has 5 heteroatoms. The molecule has 0 unspecified atom stereocenters. The van der Waals surface area contributed by atoms with E-state index in [1.807, 2.05) is 12.4 Å². The van der Waals surface area contributed by atoms with Crippen molar-refractivity contribution in [2.75, 3.05) is 5.32 Å². The van der Waals surface area contributed by atoms with Crippen LogP contribution in [0.5, 0.6) is 0 Å². The Morgan fingerprint density at radius 3 is 2.66 bits per heavy atom. The number of nitrogens with zero attached hydrogens (tertiary/aromatic N) is 4. The van der Waals surface area contributed by atoms with Crippen LogP contribution >= 0.6 is 0 Å². The first kappa shape index (κ1) is 21.1. The topological polar surface area (TPSA) is 55.6 Å². The van der Waals surface area contributed by atoms with E-state index in [1.54, 1.807) is 0 Å². The minimum atomic E-state index is 0.759. The van der Waals surface area contributed by atoms with E-state index in [1.165, 1.54) is 16.7 Å². The highest BCUT2D eigenvalue weighted by molar-refractivity contribution is 5.83. The number of aryl methyl sites for hydroxylation is 1. The van der Waals surface area contributed by atoms with Crippen molar-refractivity contribution in [1.29, 1.82) is 0 Å². The van der Waals surface area contributed by atoms with Crippen molar-refractivity contribution in [2.24, 2.45) is 0 Å². The molecule has 0 aliphatic heterocycles. The minimum absolute atomic E-state index is 0.759. The Bertz CT molecular complexity index is 1580. The fourth-order valence-electron chi connectivity index (χ4n) is 4.62. The van der Waals surface area contributed by atoms with Crippen LogP contribution in [0.1, 0.15) is 27.9 Å². The smallest absolute Gasteiger partial charge is 0.160 e. The Kier molecular flexibility index (Phi) is 5.43. The van der Waals surface area contributed by atoms with Crippen LogP contribution in [0.4, 0.5) is 11.5 Å². The van der Waals surface area contributed by atoms with Crippen molar-refractivity contribution < 1.29 is 0 Å². The standard InChI is InChI=1S/C30H25N5/c1-21-10-8-9-15-28(21)35-20-31-27-19-23(16-17-29(27)35)32-30-25-14-7-3-6-13-24(25)26(33-34-30)18-22-11-4-2-5-12-22/h2-12,14-17,19-20H,13,18H2,1H3,(H,32,34). The molecule has 1 N–H and O–H groups in total. The molecule has 5 nitrogen and oxygen atoms in total. The molecule has 0 radical (unpaired) electrons. The monoisotopic (exact) mass is 455 g/mol. The quantitative estimate of drug-likeness (QED) is 0.325. The van der Waals surface area contributed by atoms with Crippen LogP contribution in [-0.2, 0) is 12.8 Å². The van der Waals surface area contributed by atoms with Gasteiger partial charge in [0.1, 0.15) is 6.33 Å². The summed E-state index contributed by atoms with van der Waals surface area (Å²) < 4.78 is 2.13. The van der Waals surface area contributed by atoms with Gasteiger partial charge in [-0.1, -0.05) is 72.8 Å². The van der Waals surface area contributed by atoms with E-state index in [2.05, 4.69) is 123 Å². The third-order valence-corrected chi connectivity index (χ3v) is 6.43. The highest BCUT2D eigenvalue weighted by atomic mass is 15.2. The summed E-state index contributed by atoms with van der Waals surface area (Å²) in [6.07, 6.45) is 11.9. The van der Waals surface area contributed by atoms with Gasteiger partial charge in [0.25, 0.3) is 0 Å². The molecular weight excluding hydrogens is 430 g/mol. The molecule has 0 amide bonds. The zero-order chi connectivity index (χ0) is 23.6. The number of anilines is 2. The Balaban J connectivity index is 1.34. The highest BCUT2D eigenvalue weighted by Crippen LogP contribution is 2.30. The molecule has 0 spiro atoms. The lowest BCUT2D eigenvalue weighted by atomic mass is 9.99. The summed E-state index contributed by atoms with van der Waals surface area (Å²) in [6.45, 7) is 2.12. The lowest BCUT2D eigenvalue weighted by molar-refractivity contribution is 0.908. The number of hydrogen-bond donors (Lipinski definition) is 1. The predicted octanol–water partition coefficient (Wildman–Crippen LogP) is 6.58. The Morgan fingerprint density at radius 2 is 1.77 bits per heavy atom. The summed E-state index contributed by atoms with van der Waals surface area (Å²) in [5.41, 5.74) is 9.82. The second-order valence-electron chi connectivity index (χ2n) is 8.77. The van der Waals surface area contributed by atoms with E-state index in [4.69, 9.17) is 0 Å². The number of nitrogens with one attached hydrogen (secondary N) is 1. The third-order valence-electron chi connectivity index (χ3n) is 6.43. The average molecular weight is 456 g/mol. The van der Waals surface area contributed by atoms with Crippen LogP contribution in [0.25, 0.3) is 22.8 Å². The number of hydrogen-bond acceptors (Lipinski definition) is 4. The van der Waals surface area contributed by atoms with Gasteiger partial charge in [-0.05, 0) is 54.3 Å². The first-order chi connectivity index (χ1) is 17.3. The number of aromatic nitrogens is 4. The molecule has 2 heterocycles. The highest BCUT2D eigenvalue weighted by Gasteiger charge is 2.16. The molecule has 2 aromatic heterocycles. The van der Waals surface area contributed by atoms with Gasteiger partial charge in [-0.3, -0.25) is 4.57 Å². The molecule has 1 aliphatic carbocycles. The van der Waals surface area contributed by atoms with E-state index >= 15 is 0 Å². The molecule has 3 aromatic carbocycles. The van der Waals surface area contributed by atoms with E-state index in [0.29, 0.717) is 0 Å². The molecule has 5 aromatic rings. The first-order valence-electron chi connectivity index (χ1n) is 11.8. The van der Waals surface area contributed by atoms with Crippen LogP contribution < -0.4 is 5.32 Å². The van der Waals surface area contributed by atoms with Gasteiger partial charge >= 0.3 is 0 Å². The normalized spacial score (nSPS) is 12.5. The van der Waals surface area contributed by atoms with Crippen LogP contribution in [0.2, 0.25) is 0 Å². The lowest BCUT2D eigenvalue weighted by Gasteiger charge is -2.15. The van der Waals surface area contributed by atoms with E-state index in [0.717, 1.165) is 52.3 Å². The zero-order valence-electron chi connectivity index (χ0n) is 19.5. The molecule has 0 saturated heterocycles. The Hall–Kier alpha value is -4.51. The number of rotatable bonds is 5. The second-order valence-corrected chi connectivity index (χ2v) is 8.77. The van der Waals surface area contributed by atoms with Crippen molar-refractivity contribution in [1.82, 2.24) is 19.7 Å². The van der Waals surface area contributed by atoms with E-state index in [9.17, 15) is 0 Å². The molecule has 0 fully saturated rings. The van der Waals surface area contributed by atoms with E-state index in [-0.39, 0.29) is 0 Å². The van der Waals surface area contributed by atoms with Gasteiger partial charge in [0.15, 0.2) is 5.82 Å². The molecule has 35 heavy (non-hydrogen) atoms. The molecular formula is C30H25N5. The third kappa shape index (κ3) is 4.13. The Morgan fingerprint density at radius 1 is 0.914 bits per heavy atom. The fraction of sp³-hybridized carbons (Fsp3) is 0.100. The lowest BCUT2D eigenvalue weighted by Crippen LogP contribution is -2.08. The second kappa shape index (κ2) is 9.03. The van der Waals surface area contributed by atoms with Gasteiger partial charge in [-0.2, -0.15) is 5.10 Å². The summed E-state index contributed by atoms with van der Waals surface area (Å²) in [6, 6.07) is 25.0. The maximum atomic E-state index is 4.66. The van der Waals surface area contributed by atoms with Crippen LogP contribution in [0.3, 0.4) is 0 Å². The SMILES string of the molecule is Cc1ccccc1-n1cnc2cc(Nc3nnc(Cc4ccccc4)c4c3C=CC=CC4)ccc21. The van der Waals surface area contributed by atoms with Gasteiger partial charge in [0, 0.05) is 17.7 Å². The van der Waals surface area contributed by atoms with Gasteiger partial charge in [-0.25, -0.2) is 4.98 Å². The van der Waals surface area contributed by atoms with Crippen LogP contribution in [0.15, 0.2) is 97.4 Å².